The molecule has 0 fully saturated rings. The Labute approximate surface area is 159 Å². The van der Waals surface area contributed by atoms with Crippen LogP contribution in [0.4, 0.5) is 30.6 Å². The average molecular weight is 393 g/mol. The van der Waals surface area contributed by atoms with Gasteiger partial charge in [0, 0.05) is 25.4 Å². The number of hydrogen-bond donors (Lipinski definition) is 3. The highest BCUT2D eigenvalue weighted by Gasteiger charge is 2.29. The Kier molecular flexibility index (Phi) is 5.39. The molecule has 3 aromatic rings. The Balaban J connectivity index is 1.81. The zero-order valence-electron chi connectivity index (χ0n) is 15.3. The number of fused-ring (bicyclic) bond motifs is 1. The Morgan fingerprint density at radius 2 is 1.96 bits per heavy atom. The van der Waals surface area contributed by atoms with Gasteiger partial charge in [0.1, 0.15) is 6.54 Å². The first-order valence-corrected chi connectivity index (χ1v) is 8.60. The van der Waals surface area contributed by atoms with Crippen LogP contribution in [0, 0.1) is 0 Å². The Morgan fingerprint density at radius 1 is 1.25 bits per heavy atom. The molecule has 0 bridgehead atoms. The third-order valence-corrected chi connectivity index (χ3v) is 4.14. The molecule has 0 aliphatic rings. The van der Waals surface area contributed by atoms with E-state index in [0.29, 0.717) is 28.8 Å². The first kappa shape index (κ1) is 19.5. The molecule has 0 saturated carbocycles. The molecule has 0 spiro atoms. The van der Waals surface area contributed by atoms with Crippen molar-refractivity contribution in [3.05, 3.63) is 42.1 Å². The molecule has 1 aromatic carbocycles. The highest BCUT2D eigenvalue weighted by Crippen LogP contribution is 2.22. The second-order valence-corrected chi connectivity index (χ2v) is 6.19. The fraction of sp³-hybridized carbons (Fsp3) is 0.278. The van der Waals surface area contributed by atoms with Crippen LogP contribution in [0.15, 0.2) is 36.5 Å². The summed E-state index contributed by atoms with van der Waals surface area (Å²) in [4.78, 5) is 23.8. The molecule has 28 heavy (non-hydrogen) atoms. The number of aromatic nitrogens is 3. The summed E-state index contributed by atoms with van der Waals surface area (Å²) in [5, 5.41) is 5.86. The van der Waals surface area contributed by atoms with E-state index in [2.05, 4.69) is 25.6 Å². The summed E-state index contributed by atoms with van der Waals surface area (Å²) in [7, 11) is 1.72. The quantitative estimate of drug-likeness (QED) is 0.600. The van der Waals surface area contributed by atoms with Gasteiger partial charge in [0.25, 0.3) is 5.91 Å². The topological polar surface area (TPSA) is 87.2 Å². The van der Waals surface area contributed by atoms with Crippen LogP contribution < -0.4 is 15.6 Å². The van der Waals surface area contributed by atoms with Gasteiger partial charge in [0.05, 0.1) is 11.1 Å². The minimum absolute atomic E-state index is 0.0924. The molecular weight excluding hydrogens is 373 g/mol. The predicted molar refractivity (Wildman–Crippen MR) is 99.6 cm³/mol. The van der Waals surface area contributed by atoms with Gasteiger partial charge in [0.15, 0.2) is 0 Å². The molecule has 0 aliphatic carbocycles. The van der Waals surface area contributed by atoms with Crippen molar-refractivity contribution >= 4 is 34.4 Å². The third kappa shape index (κ3) is 4.51. The zero-order valence-corrected chi connectivity index (χ0v) is 15.3. The summed E-state index contributed by atoms with van der Waals surface area (Å²) < 4.78 is 37.7. The lowest BCUT2D eigenvalue weighted by Crippen LogP contribution is -2.26. The Bertz CT molecular complexity index is 968. The number of H-pyrrole nitrogens is 2. The number of halogens is 3. The summed E-state index contributed by atoms with van der Waals surface area (Å²) in [6.45, 7) is 1.31. The number of aromatic amines is 2. The maximum Gasteiger partial charge on any atom is 0.415 e. The molecule has 2 heterocycles. The number of amides is 1. The molecule has 0 aliphatic heterocycles. The molecule has 0 unspecified atom stereocenters. The molecule has 7 nitrogen and oxygen atoms in total. The van der Waals surface area contributed by atoms with E-state index in [9.17, 15) is 18.0 Å². The maximum atomic E-state index is 12.6. The van der Waals surface area contributed by atoms with Crippen molar-refractivity contribution in [3.63, 3.8) is 0 Å². The minimum Gasteiger partial charge on any atom is -0.342 e. The predicted octanol–water partition coefficient (Wildman–Crippen LogP) is 3.19. The van der Waals surface area contributed by atoms with Crippen molar-refractivity contribution in [3.8, 4) is 0 Å². The molecule has 0 atom stereocenters. The summed E-state index contributed by atoms with van der Waals surface area (Å²) >= 11 is 0. The normalized spacial score (nSPS) is 11.5. The van der Waals surface area contributed by atoms with Crippen molar-refractivity contribution < 1.29 is 22.9 Å². The average Bonchev–Trinajstić information content (AvgIpc) is 3.13. The number of alkyl halides is 3. The molecule has 10 heteroatoms. The largest absolute Gasteiger partial charge is 0.415 e. The number of hydrogen-bond acceptors (Lipinski definition) is 4. The van der Waals surface area contributed by atoms with Crippen LogP contribution in [0.5, 0.6) is 0 Å². The number of anilines is 3. The van der Waals surface area contributed by atoms with Gasteiger partial charge in [-0.25, -0.2) is 4.98 Å². The smallest absolute Gasteiger partial charge is 0.342 e. The first-order valence-electron chi connectivity index (χ1n) is 8.60. The molecule has 148 valence electrons. The van der Waals surface area contributed by atoms with Gasteiger partial charge in [-0.15, -0.1) is 0 Å². The number of benzene rings is 1. The molecule has 4 N–H and O–H groups in total. The molecule has 2 aromatic heterocycles. The molecule has 0 saturated heterocycles. The van der Waals surface area contributed by atoms with E-state index < -0.39 is 12.7 Å². The second kappa shape index (κ2) is 7.75. The minimum atomic E-state index is -4.35. The van der Waals surface area contributed by atoms with Gasteiger partial charge in [-0.3, -0.25) is 10.1 Å². The lowest BCUT2D eigenvalue weighted by atomic mass is 10.2. The number of carbonyl (C=O) groups is 1. The summed E-state index contributed by atoms with van der Waals surface area (Å²) in [6, 6.07) is 8.38. The van der Waals surface area contributed by atoms with E-state index in [4.69, 9.17) is 0 Å². The van der Waals surface area contributed by atoms with Crippen LogP contribution in [0.3, 0.4) is 0 Å². The van der Waals surface area contributed by atoms with E-state index in [1.807, 2.05) is 6.92 Å². The number of rotatable bonds is 6. The van der Waals surface area contributed by atoms with Gasteiger partial charge < -0.3 is 15.2 Å². The van der Waals surface area contributed by atoms with Crippen LogP contribution >= 0.6 is 0 Å². The summed E-state index contributed by atoms with van der Waals surface area (Å²) in [5.74, 6) is 0.358. The fourth-order valence-electron chi connectivity index (χ4n) is 2.56. The van der Waals surface area contributed by atoms with Crippen molar-refractivity contribution in [2.75, 3.05) is 30.8 Å². The van der Waals surface area contributed by atoms with E-state index in [0.717, 1.165) is 0 Å². The van der Waals surface area contributed by atoms with Gasteiger partial charge in [0.2, 0.25) is 11.5 Å². The van der Waals surface area contributed by atoms with Crippen LogP contribution in [-0.4, -0.2) is 47.1 Å². The van der Waals surface area contributed by atoms with Crippen LogP contribution in [0.1, 0.15) is 17.3 Å². The fourth-order valence-corrected chi connectivity index (χ4v) is 2.56. The van der Waals surface area contributed by atoms with Crippen LogP contribution in [0.25, 0.3) is 11.0 Å². The SMILES string of the molecule is CCN(C)C(=O)c1ccc(Nc2nc3[nH]ccc3c(NCC(F)(F)F)[nH+]2)cc1. The van der Waals surface area contributed by atoms with E-state index in [1.54, 1.807) is 48.5 Å². The van der Waals surface area contributed by atoms with Crippen molar-refractivity contribution in [1.82, 2.24) is 14.9 Å². The van der Waals surface area contributed by atoms with Crippen LogP contribution in [0.2, 0.25) is 0 Å². The summed E-state index contributed by atoms with van der Waals surface area (Å²) in [5.41, 5.74) is 1.61. The number of carbonyl (C=O) groups excluding carboxylic acids is 1. The molecular formula is C18H20F3N6O+. The zero-order chi connectivity index (χ0) is 20.3. The maximum absolute atomic E-state index is 12.6. The molecule has 1 amide bonds. The molecule has 3 rings (SSSR count). The van der Waals surface area contributed by atoms with Gasteiger partial charge in [-0.2, -0.15) is 13.2 Å². The Morgan fingerprint density at radius 3 is 2.61 bits per heavy atom. The van der Waals surface area contributed by atoms with E-state index in [1.165, 1.54) is 0 Å². The highest BCUT2D eigenvalue weighted by atomic mass is 19.4. The third-order valence-electron chi connectivity index (χ3n) is 4.14. The van der Waals surface area contributed by atoms with Crippen molar-refractivity contribution in [2.24, 2.45) is 0 Å². The molecule has 0 radical (unpaired) electrons. The number of nitrogens with one attached hydrogen (secondary N) is 4. The van der Waals surface area contributed by atoms with Gasteiger partial charge in [-0.05, 0) is 37.3 Å². The van der Waals surface area contributed by atoms with E-state index >= 15 is 0 Å². The summed E-state index contributed by atoms with van der Waals surface area (Å²) in [6.07, 6.45) is -2.75. The van der Waals surface area contributed by atoms with Crippen LogP contribution in [-0.2, 0) is 0 Å². The lowest BCUT2D eigenvalue weighted by molar-refractivity contribution is -0.346. The highest BCUT2D eigenvalue weighted by molar-refractivity contribution is 5.94. The first-order chi connectivity index (χ1) is 13.3. The lowest BCUT2D eigenvalue weighted by Gasteiger charge is -2.14. The standard InChI is InChI=1S/C18H19F3N6O/c1-3-27(2)16(28)11-4-6-12(7-5-11)24-17-25-14-13(8-9-22-14)15(26-17)23-10-18(19,20)21/h4-9H,3,10H2,1-2H3,(H3,22,23,24,25,26)/p+1. The second-order valence-electron chi connectivity index (χ2n) is 6.19. The van der Waals surface area contributed by atoms with Gasteiger partial charge in [-0.1, -0.05) is 4.98 Å². The monoisotopic (exact) mass is 393 g/mol. The van der Waals surface area contributed by atoms with E-state index in [-0.39, 0.29) is 17.7 Å². The van der Waals surface area contributed by atoms with Gasteiger partial charge >= 0.3 is 12.1 Å². The van der Waals surface area contributed by atoms with Crippen molar-refractivity contribution in [1.29, 1.82) is 0 Å². The number of nitrogens with zero attached hydrogens (tertiary/aromatic N) is 2. The van der Waals surface area contributed by atoms with Crippen molar-refractivity contribution in [2.45, 2.75) is 13.1 Å². The Hall–Kier alpha value is -3.30.